The Morgan fingerprint density at radius 2 is 1.52 bits per heavy atom. The summed E-state index contributed by atoms with van der Waals surface area (Å²) in [7, 11) is 0. The Labute approximate surface area is 125 Å². The molecule has 1 heterocycles. The van der Waals surface area contributed by atoms with E-state index in [2.05, 4.69) is 66.0 Å². The smallest absolute Gasteiger partial charge is 0.157 e. The van der Waals surface area contributed by atoms with Crippen LogP contribution >= 0.6 is 0 Å². The highest BCUT2D eigenvalue weighted by atomic mass is 16.3. The van der Waals surface area contributed by atoms with E-state index in [9.17, 15) is 0 Å². The summed E-state index contributed by atoms with van der Waals surface area (Å²) in [5, 5.41) is 2.35. The van der Waals surface area contributed by atoms with E-state index in [-0.39, 0.29) is 0 Å². The molecule has 1 aromatic heterocycles. The topological polar surface area (TPSA) is 29.8 Å². The third-order valence-corrected chi connectivity index (χ3v) is 3.71. The first-order valence-electron chi connectivity index (χ1n) is 7.36. The number of quaternary nitrogens is 1. The molecule has 106 valence electrons. The van der Waals surface area contributed by atoms with Crippen molar-refractivity contribution in [1.29, 1.82) is 0 Å². The normalized spacial score (nSPS) is 12.2. The first-order valence-corrected chi connectivity index (χ1v) is 7.36. The maximum absolute atomic E-state index is 5.44. The highest BCUT2D eigenvalue weighted by Crippen LogP contribution is 2.15. The zero-order valence-corrected chi connectivity index (χ0v) is 12.0. The molecule has 2 heteroatoms. The van der Waals surface area contributed by atoms with Gasteiger partial charge in [0.25, 0.3) is 0 Å². The van der Waals surface area contributed by atoms with Gasteiger partial charge in [-0.3, -0.25) is 0 Å². The van der Waals surface area contributed by atoms with Gasteiger partial charge in [-0.05, 0) is 17.7 Å². The second-order valence-corrected chi connectivity index (χ2v) is 5.23. The summed E-state index contributed by atoms with van der Waals surface area (Å²) < 4.78 is 5.44. The molecule has 0 fully saturated rings. The summed E-state index contributed by atoms with van der Waals surface area (Å²) in [5.74, 6) is 1.02. The zero-order chi connectivity index (χ0) is 14.3. The fourth-order valence-electron chi connectivity index (χ4n) is 2.59. The van der Waals surface area contributed by atoms with Crippen molar-refractivity contribution in [3.63, 3.8) is 0 Å². The molecule has 0 amide bonds. The Bertz CT molecular complexity index is 632. The summed E-state index contributed by atoms with van der Waals surface area (Å²) in [6.45, 7) is 0.861. The van der Waals surface area contributed by atoms with E-state index < -0.39 is 0 Å². The molecule has 1 unspecified atom stereocenters. The van der Waals surface area contributed by atoms with Crippen molar-refractivity contribution in [2.24, 2.45) is 0 Å². The fraction of sp³-hybridized carbons (Fsp3) is 0.158. The van der Waals surface area contributed by atoms with Gasteiger partial charge in [-0.25, -0.2) is 0 Å². The number of furan rings is 1. The third-order valence-electron chi connectivity index (χ3n) is 3.71. The Morgan fingerprint density at radius 1 is 0.810 bits per heavy atom. The molecular weight excluding hydrogens is 258 g/mol. The molecule has 0 spiro atoms. The van der Waals surface area contributed by atoms with Crippen molar-refractivity contribution in [2.45, 2.75) is 19.0 Å². The van der Waals surface area contributed by atoms with Gasteiger partial charge >= 0.3 is 0 Å². The maximum atomic E-state index is 5.44. The van der Waals surface area contributed by atoms with Gasteiger partial charge in [-0.2, -0.15) is 0 Å². The Balaban J connectivity index is 1.74. The number of rotatable bonds is 6. The SMILES string of the molecule is c1ccc(CC([NH2+]Cc2ccco2)c2ccccc2)cc1. The van der Waals surface area contributed by atoms with E-state index >= 15 is 0 Å². The standard InChI is InChI=1S/C19H19NO/c1-3-8-16(9-4-1)14-19(17-10-5-2-6-11-17)20-15-18-12-7-13-21-18/h1-13,19-20H,14-15H2/p+1. The fourth-order valence-corrected chi connectivity index (χ4v) is 2.59. The minimum absolute atomic E-state index is 0.402. The molecule has 0 saturated heterocycles. The molecule has 0 saturated carbocycles. The third kappa shape index (κ3) is 3.83. The van der Waals surface area contributed by atoms with E-state index in [1.807, 2.05) is 12.1 Å². The van der Waals surface area contributed by atoms with Gasteiger partial charge in [0, 0.05) is 12.0 Å². The van der Waals surface area contributed by atoms with Crippen LogP contribution in [0.5, 0.6) is 0 Å². The molecule has 21 heavy (non-hydrogen) atoms. The molecule has 2 N–H and O–H groups in total. The predicted molar refractivity (Wildman–Crippen MR) is 83.7 cm³/mol. The van der Waals surface area contributed by atoms with Crippen molar-refractivity contribution < 1.29 is 9.73 Å². The van der Waals surface area contributed by atoms with E-state index in [1.165, 1.54) is 11.1 Å². The minimum atomic E-state index is 0.402. The average Bonchev–Trinajstić information content (AvgIpc) is 3.07. The van der Waals surface area contributed by atoms with E-state index in [4.69, 9.17) is 4.42 Å². The van der Waals surface area contributed by atoms with E-state index in [1.54, 1.807) is 6.26 Å². The summed E-state index contributed by atoms with van der Waals surface area (Å²) in [6.07, 6.45) is 2.75. The average molecular weight is 278 g/mol. The number of hydrogen-bond donors (Lipinski definition) is 1. The Hall–Kier alpha value is -2.32. The van der Waals surface area contributed by atoms with E-state index in [0.29, 0.717) is 6.04 Å². The van der Waals surface area contributed by atoms with Gasteiger partial charge in [0.05, 0.1) is 6.26 Å². The van der Waals surface area contributed by atoms with Crippen LogP contribution in [0.4, 0.5) is 0 Å². The van der Waals surface area contributed by atoms with Gasteiger partial charge < -0.3 is 9.73 Å². The van der Waals surface area contributed by atoms with Crippen molar-refractivity contribution >= 4 is 0 Å². The van der Waals surface area contributed by atoms with Crippen molar-refractivity contribution in [3.8, 4) is 0 Å². The van der Waals surface area contributed by atoms with Crippen LogP contribution in [0.1, 0.15) is 22.9 Å². The monoisotopic (exact) mass is 278 g/mol. The van der Waals surface area contributed by atoms with Crippen LogP contribution in [-0.4, -0.2) is 0 Å². The summed E-state index contributed by atoms with van der Waals surface area (Å²) in [5.41, 5.74) is 2.72. The first kappa shape index (κ1) is 13.7. The molecule has 0 aliphatic heterocycles. The molecule has 2 nitrogen and oxygen atoms in total. The van der Waals surface area contributed by atoms with Crippen molar-refractivity contribution in [1.82, 2.24) is 0 Å². The second-order valence-electron chi connectivity index (χ2n) is 5.23. The lowest BCUT2D eigenvalue weighted by Gasteiger charge is -2.15. The van der Waals surface area contributed by atoms with Gasteiger partial charge in [-0.1, -0.05) is 60.7 Å². The van der Waals surface area contributed by atoms with Crippen LogP contribution in [0.25, 0.3) is 0 Å². The number of nitrogens with two attached hydrogens (primary N) is 1. The van der Waals surface area contributed by atoms with Crippen molar-refractivity contribution in [3.05, 3.63) is 95.9 Å². The molecule has 1 atom stereocenters. The lowest BCUT2D eigenvalue weighted by Crippen LogP contribution is -2.84. The number of benzene rings is 2. The molecule has 0 bridgehead atoms. The van der Waals surface area contributed by atoms with Gasteiger partial charge in [-0.15, -0.1) is 0 Å². The molecule has 0 radical (unpaired) electrons. The summed E-state index contributed by atoms with van der Waals surface area (Å²) >= 11 is 0. The molecule has 0 aliphatic carbocycles. The molecular formula is C19H20NO+. The predicted octanol–water partition coefficient (Wildman–Crippen LogP) is 3.33. The molecule has 3 aromatic rings. The highest BCUT2D eigenvalue weighted by Gasteiger charge is 2.15. The van der Waals surface area contributed by atoms with Crippen molar-refractivity contribution in [2.75, 3.05) is 0 Å². The van der Waals surface area contributed by atoms with Crippen LogP contribution in [0.2, 0.25) is 0 Å². The molecule has 2 aromatic carbocycles. The van der Waals surface area contributed by atoms with E-state index in [0.717, 1.165) is 18.7 Å². The van der Waals surface area contributed by atoms with Crippen LogP contribution in [0.15, 0.2) is 83.5 Å². The number of hydrogen-bond acceptors (Lipinski definition) is 1. The van der Waals surface area contributed by atoms with Crippen LogP contribution in [0, 0.1) is 0 Å². The quantitative estimate of drug-likeness (QED) is 0.736. The lowest BCUT2D eigenvalue weighted by molar-refractivity contribution is -0.712. The second kappa shape index (κ2) is 6.91. The Morgan fingerprint density at radius 3 is 2.19 bits per heavy atom. The lowest BCUT2D eigenvalue weighted by atomic mass is 9.99. The Kier molecular flexibility index (Phi) is 4.49. The first-order chi connectivity index (χ1) is 10.4. The van der Waals surface area contributed by atoms with Gasteiger partial charge in [0.15, 0.2) is 5.76 Å². The summed E-state index contributed by atoms with van der Waals surface area (Å²) in [6, 6.07) is 25.7. The zero-order valence-electron chi connectivity index (χ0n) is 12.0. The summed E-state index contributed by atoms with van der Waals surface area (Å²) in [4.78, 5) is 0. The van der Waals surface area contributed by atoms with Crippen LogP contribution in [-0.2, 0) is 13.0 Å². The molecule has 3 rings (SSSR count). The maximum Gasteiger partial charge on any atom is 0.157 e. The highest BCUT2D eigenvalue weighted by molar-refractivity contribution is 5.22. The van der Waals surface area contributed by atoms with Gasteiger partial charge in [0.2, 0.25) is 0 Å². The minimum Gasteiger partial charge on any atom is -0.463 e. The molecule has 0 aliphatic rings. The van der Waals surface area contributed by atoms with Gasteiger partial charge in [0.1, 0.15) is 12.6 Å². The van der Waals surface area contributed by atoms with Crippen LogP contribution in [0.3, 0.4) is 0 Å². The largest absolute Gasteiger partial charge is 0.463 e. The van der Waals surface area contributed by atoms with Crippen LogP contribution < -0.4 is 5.32 Å².